The number of hydrogen-bond acceptors (Lipinski definition) is 7. The Morgan fingerprint density at radius 1 is 1.28 bits per heavy atom. The predicted octanol–water partition coefficient (Wildman–Crippen LogP) is 4.06. The number of thiazole rings is 1. The Kier molecular flexibility index (Phi) is 6.89. The second-order valence-electron chi connectivity index (χ2n) is 6.94. The van der Waals surface area contributed by atoms with E-state index >= 15 is 0 Å². The van der Waals surface area contributed by atoms with Gasteiger partial charge in [-0.3, -0.25) is 4.79 Å². The summed E-state index contributed by atoms with van der Waals surface area (Å²) in [6.45, 7) is 5.63. The van der Waals surface area contributed by atoms with Crippen molar-refractivity contribution in [3.8, 4) is 11.3 Å². The lowest BCUT2D eigenvalue weighted by atomic mass is 10.1. The highest BCUT2D eigenvalue weighted by molar-refractivity contribution is 8.00. The summed E-state index contributed by atoms with van der Waals surface area (Å²) in [5.41, 5.74) is 11.4. The molecule has 0 aliphatic carbocycles. The van der Waals surface area contributed by atoms with Gasteiger partial charge in [0.25, 0.3) is 0 Å². The highest BCUT2D eigenvalue weighted by Crippen LogP contribution is 2.29. The van der Waals surface area contributed by atoms with Gasteiger partial charge in [-0.05, 0) is 32.4 Å². The summed E-state index contributed by atoms with van der Waals surface area (Å²) in [5.74, 6) is 0.00777. The molecule has 1 unspecified atom stereocenters. The Morgan fingerprint density at radius 2 is 2.00 bits per heavy atom. The lowest BCUT2D eigenvalue weighted by Crippen LogP contribution is -2.14. The second-order valence-corrected chi connectivity index (χ2v) is 8.76. The van der Waals surface area contributed by atoms with E-state index in [1.807, 2.05) is 49.6 Å². The van der Waals surface area contributed by atoms with E-state index in [1.54, 1.807) is 6.92 Å². The number of thioether (sulfide) groups is 1. The molecule has 0 spiro atoms. The maximum atomic E-state index is 12.4. The van der Waals surface area contributed by atoms with Gasteiger partial charge in [-0.1, -0.05) is 41.6 Å². The maximum absolute atomic E-state index is 12.4. The number of pyridine rings is 1. The minimum Gasteiger partial charge on any atom is -0.396 e. The van der Waals surface area contributed by atoms with Crippen molar-refractivity contribution in [2.75, 3.05) is 16.8 Å². The Morgan fingerprint density at radius 3 is 2.69 bits per heavy atom. The van der Waals surface area contributed by atoms with E-state index in [0.29, 0.717) is 22.3 Å². The SMILES string of the molecule is Cc1ccc(-c2csc(NC(=O)CSc3nc(C)cc(CC(C)O)c3N)n2)cc1. The zero-order valence-electron chi connectivity index (χ0n) is 16.6. The molecule has 29 heavy (non-hydrogen) atoms. The summed E-state index contributed by atoms with van der Waals surface area (Å²) >= 11 is 2.67. The zero-order chi connectivity index (χ0) is 21.0. The first kappa shape index (κ1) is 21.3. The number of benzene rings is 1. The summed E-state index contributed by atoms with van der Waals surface area (Å²) < 4.78 is 0. The number of hydrogen-bond donors (Lipinski definition) is 3. The minimum absolute atomic E-state index is 0.167. The minimum atomic E-state index is -0.493. The van der Waals surface area contributed by atoms with E-state index in [9.17, 15) is 9.90 Å². The average Bonchev–Trinajstić information content (AvgIpc) is 3.11. The first-order chi connectivity index (χ1) is 13.8. The molecule has 3 aromatic rings. The van der Waals surface area contributed by atoms with Gasteiger partial charge in [0.15, 0.2) is 5.13 Å². The Hall–Kier alpha value is -2.42. The number of anilines is 2. The van der Waals surface area contributed by atoms with Crippen molar-refractivity contribution in [2.24, 2.45) is 0 Å². The number of nitrogens with one attached hydrogen (secondary N) is 1. The Labute approximate surface area is 178 Å². The van der Waals surface area contributed by atoms with E-state index < -0.39 is 6.10 Å². The van der Waals surface area contributed by atoms with Crippen LogP contribution in [0.25, 0.3) is 11.3 Å². The highest BCUT2D eigenvalue weighted by atomic mass is 32.2. The number of nitrogens with zero attached hydrogens (tertiary/aromatic N) is 2. The molecule has 1 amide bonds. The number of nitrogens with two attached hydrogens (primary N) is 1. The van der Waals surface area contributed by atoms with Crippen LogP contribution in [-0.4, -0.2) is 32.8 Å². The molecule has 8 heteroatoms. The van der Waals surface area contributed by atoms with Crippen LogP contribution in [0.15, 0.2) is 40.7 Å². The standard InChI is InChI=1S/C21H24N4O2S2/c1-12-4-6-15(7-5-12)17-10-29-21(24-17)25-18(27)11-28-20-19(22)16(9-14(3)26)8-13(2)23-20/h4-8,10,14,26H,9,11,22H2,1-3H3,(H,24,25,27). The molecule has 6 nitrogen and oxygen atoms in total. The summed E-state index contributed by atoms with van der Waals surface area (Å²) in [6.07, 6.45) is -0.0385. The number of carbonyl (C=O) groups is 1. The number of aliphatic hydroxyl groups excluding tert-OH is 1. The van der Waals surface area contributed by atoms with Gasteiger partial charge in [-0.2, -0.15) is 0 Å². The molecule has 0 saturated heterocycles. The fourth-order valence-electron chi connectivity index (χ4n) is 2.79. The van der Waals surface area contributed by atoms with Gasteiger partial charge in [0, 0.05) is 23.1 Å². The third-order valence-corrected chi connectivity index (χ3v) is 5.94. The molecule has 0 aliphatic rings. The van der Waals surface area contributed by atoms with Crippen molar-refractivity contribution >= 4 is 39.8 Å². The molecule has 0 saturated carbocycles. The Balaban J connectivity index is 1.62. The van der Waals surface area contributed by atoms with Crippen LogP contribution in [-0.2, 0) is 11.2 Å². The average molecular weight is 429 g/mol. The molecule has 1 aromatic carbocycles. The quantitative estimate of drug-likeness (QED) is 0.491. The summed E-state index contributed by atoms with van der Waals surface area (Å²) in [6, 6.07) is 9.98. The Bertz CT molecular complexity index is 1000. The summed E-state index contributed by atoms with van der Waals surface area (Å²) in [4.78, 5) is 21.3. The summed E-state index contributed by atoms with van der Waals surface area (Å²) in [7, 11) is 0. The maximum Gasteiger partial charge on any atom is 0.236 e. The van der Waals surface area contributed by atoms with E-state index in [4.69, 9.17) is 5.73 Å². The first-order valence-corrected chi connectivity index (χ1v) is 11.1. The van der Waals surface area contributed by atoms with Crippen molar-refractivity contribution in [1.82, 2.24) is 9.97 Å². The second kappa shape index (κ2) is 9.39. The molecule has 4 N–H and O–H groups in total. The molecular formula is C21H24N4O2S2. The molecule has 0 bridgehead atoms. The van der Waals surface area contributed by atoms with Crippen LogP contribution in [0.3, 0.4) is 0 Å². The lowest BCUT2D eigenvalue weighted by molar-refractivity contribution is -0.113. The van der Waals surface area contributed by atoms with Crippen molar-refractivity contribution in [3.05, 3.63) is 52.5 Å². The third-order valence-electron chi connectivity index (χ3n) is 4.19. The number of amides is 1. The van der Waals surface area contributed by atoms with Crippen molar-refractivity contribution in [3.63, 3.8) is 0 Å². The fraction of sp³-hybridized carbons (Fsp3) is 0.286. The van der Waals surface area contributed by atoms with Gasteiger partial charge in [-0.15, -0.1) is 11.3 Å². The smallest absolute Gasteiger partial charge is 0.236 e. The van der Waals surface area contributed by atoms with Gasteiger partial charge in [0.1, 0.15) is 5.03 Å². The number of carbonyl (C=O) groups excluding carboxylic acids is 1. The van der Waals surface area contributed by atoms with Crippen LogP contribution >= 0.6 is 23.1 Å². The van der Waals surface area contributed by atoms with Crippen molar-refractivity contribution in [2.45, 2.75) is 38.3 Å². The number of aliphatic hydroxyl groups is 1. The van der Waals surface area contributed by atoms with Crippen LogP contribution in [0.2, 0.25) is 0 Å². The number of rotatable bonds is 7. The fourth-order valence-corrected chi connectivity index (χ4v) is 4.37. The molecule has 0 radical (unpaired) electrons. The molecule has 0 aliphatic heterocycles. The number of nitrogen functional groups attached to an aromatic ring is 1. The molecule has 2 aromatic heterocycles. The van der Waals surface area contributed by atoms with E-state index in [-0.39, 0.29) is 11.7 Å². The molecule has 2 heterocycles. The first-order valence-electron chi connectivity index (χ1n) is 9.21. The van der Waals surface area contributed by atoms with E-state index in [2.05, 4.69) is 15.3 Å². The molecular weight excluding hydrogens is 404 g/mol. The summed E-state index contributed by atoms with van der Waals surface area (Å²) in [5, 5.41) is 15.6. The topological polar surface area (TPSA) is 101 Å². The van der Waals surface area contributed by atoms with Crippen LogP contribution < -0.4 is 11.1 Å². The number of aryl methyl sites for hydroxylation is 2. The normalized spacial score (nSPS) is 12.0. The third kappa shape index (κ3) is 5.79. The van der Waals surface area contributed by atoms with Gasteiger partial charge in [-0.25, -0.2) is 9.97 Å². The van der Waals surface area contributed by atoms with E-state index in [0.717, 1.165) is 22.5 Å². The number of aromatic nitrogens is 2. The van der Waals surface area contributed by atoms with Crippen molar-refractivity contribution < 1.29 is 9.90 Å². The molecule has 3 rings (SSSR count). The van der Waals surface area contributed by atoms with Gasteiger partial charge in [0.2, 0.25) is 5.91 Å². The van der Waals surface area contributed by atoms with E-state index in [1.165, 1.54) is 28.7 Å². The molecule has 0 fully saturated rings. The lowest BCUT2D eigenvalue weighted by Gasteiger charge is -2.12. The molecule has 1 atom stereocenters. The van der Waals surface area contributed by atoms with Crippen LogP contribution in [0, 0.1) is 13.8 Å². The monoisotopic (exact) mass is 428 g/mol. The van der Waals surface area contributed by atoms with Crippen LogP contribution in [0.1, 0.15) is 23.7 Å². The largest absolute Gasteiger partial charge is 0.396 e. The zero-order valence-corrected chi connectivity index (χ0v) is 18.2. The van der Waals surface area contributed by atoms with Gasteiger partial charge < -0.3 is 16.2 Å². The van der Waals surface area contributed by atoms with Crippen LogP contribution in [0.5, 0.6) is 0 Å². The van der Waals surface area contributed by atoms with Gasteiger partial charge in [0.05, 0.1) is 23.2 Å². The van der Waals surface area contributed by atoms with Gasteiger partial charge >= 0.3 is 0 Å². The highest BCUT2D eigenvalue weighted by Gasteiger charge is 2.14. The molecule has 152 valence electrons. The predicted molar refractivity (Wildman–Crippen MR) is 120 cm³/mol. The van der Waals surface area contributed by atoms with Crippen LogP contribution in [0.4, 0.5) is 10.8 Å². The van der Waals surface area contributed by atoms with Crippen molar-refractivity contribution in [1.29, 1.82) is 0 Å².